The third-order valence-electron chi connectivity index (χ3n) is 2.45. The van der Waals surface area contributed by atoms with E-state index in [9.17, 15) is 0 Å². The fraction of sp³-hybridized carbons (Fsp3) is 0.800. The molecule has 0 aromatic heterocycles. The SMILES string of the molecule is CCOCC1(CCl)CC=CCC1. The van der Waals surface area contributed by atoms with Crippen LogP contribution >= 0.6 is 11.6 Å². The first-order valence-corrected chi connectivity index (χ1v) is 5.15. The molecule has 70 valence electrons. The first kappa shape index (κ1) is 10.1. The van der Waals surface area contributed by atoms with Crippen molar-refractivity contribution in [3.8, 4) is 0 Å². The minimum atomic E-state index is 0.228. The Balaban J connectivity index is 2.44. The van der Waals surface area contributed by atoms with Gasteiger partial charge in [0.15, 0.2) is 0 Å². The van der Waals surface area contributed by atoms with Gasteiger partial charge >= 0.3 is 0 Å². The first-order valence-electron chi connectivity index (χ1n) is 4.62. The van der Waals surface area contributed by atoms with E-state index in [0.29, 0.717) is 0 Å². The fourth-order valence-corrected chi connectivity index (χ4v) is 1.87. The summed E-state index contributed by atoms with van der Waals surface area (Å²) in [5.74, 6) is 0.720. The van der Waals surface area contributed by atoms with E-state index < -0.39 is 0 Å². The van der Waals surface area contributed by atoms with Gasteiger partial charge in [0.1, 0.15) is 0 Å². The van der Waals surface area contributed by atoms with Gasteiger partial charge in [0.2, 0.25) is 0 Å². The van der Waals surface area contributed by atoms with Crippen LogP contribution in [0.15, 0.2) is 12.2 Å². The minimum Gasteiger partial charge on any atom is -0.381 e. The van der Waals surface area contributed by atoms with E-state index in [0.717, 1.165) is 31.9 Å². The molecule has 0 spiro atoms. The number of halogens is 1. The molecule has 0 saturated carbocycles. The molecule has 0 aromatic carbocycles. The van der Waals surface area contributed by atoms with E-state index in [4.69, 9.17) is 16.3 Å². The van der Waals surface area contributed by atoms with Crippen LogP contribution in [-0.2, 0) is 4.74 Å². The highest BCUT2D eigenvalue weighted by atomic mass is 35.5. The van der Waals surface area contributed by atoms with Gasteiger partial charge in [0.05, 0.1) is 6.61 Å². The maximum atomic E-state index is 5.96. The summed E-state index contributed by atoms with van der Waals surface area (Å²) in [4.78, 5) is 0. The number of hydrogen-bond acceptors (Lipinski definition) is 1. The monoisotopic (exact) mass is 188 g/mol. The van der Waals surface area contributed by atoms with Crippen molar-refractivity contribution < 1.29 is 4.74 Å². The second-order valence-corrected chi connectivity index (χ2v) is 3.75. The number of rotatable bonds is 4. The predicted octanol–water partition coefficient (Wildman–Crippen LogP) is 2.99. The molecule has 0 aromatic rings. The molecule has 0 heterocycles. The highest BCUT2D eigenvalue weighted by Crippen LogP contribution is 2.34. The van der Waals surface area contributed by atoms with Crippen LogP contribution in [0.25, 0.3) is 0 Å². The smallest absolute Gasteiger partial charge is 0.0536 e. The van der Waals surface area contributed by atoms with Crippen molar-refractivity contribution in [1.82, 2.24) is 0 Å². The van der Waals surface area contributed by atoms with Gasteiger partial charge in [0, 0.05) is 17.9 Å². The van der Waals surface area contributed by atoms with Crippen LogP contribution in [0.4, 0.5) is 0 Å². The van der Waals surface area contributed by atoms with Gasteiger partial charge in [0.25, 0.3) is 0 Å². The van der Waals surface area contributed by atoms with E-state index in [2.05, 4.69) is 12.2 Å². The van der Waals surface area contributed by atoms with E-state index in [1.54, 1.807) is 0 Å². The lowest BCUT2D eigenvalue weighted by molar-refractivity contribution is 0.0574. The second-order valence-electron chi connectivity index (χ2n) is 3.48. The Morgan fingerprint density at radius 1 is 1.50 bits per heavy atom. The zero-order valence-electron chi connectivity index (χ0n) is 7.68. The second kappa shape index (κ2) is 4.88. The molecular formula is C10H17ClO. The van der Waals surface area contributed by atoms with Crippen LogP contribution < -0.4 is 0 Å². The zero-order valence-corrected chi connectivity index (χ0v) is 8.44. The maximum Gasteiger partial charge on any atom is 0.0536 e. The van der Waals surface area contributed by atoms with Crippen molar-refractivity contribution in [2.45, 2.75) is 26.2 Å². The summed E-state index contributed by atoms with van der Waals surface area (Å²) >= 11 is 5.96. The molecule has 2 heteroatoms. The van der Waals surface area contributed by atoms with Crippen LogP contribution in [0.2, 0.25) is 0 Å². The van der Waals surface area contributed by atoms with Crippen molar-refractivity contribution >= 4 is 11.6 Å². The summed E-state index contributed by atoms with van der Waals surface area (Å²) in [7, 11) is 0. The molecule has 0 bridgehead atoms. The first-order chi connectivity index (χ1) is 5.83. The molecule has 0 aliphatic heterocycles. The normalized spacial score (nSPS) is 29.2. The van der Waals surface area contributed by atoms with Crippen molar-refractivity contribution in [3.63, 3.8) is 0 Å². The minimum absolute atomic E-state index is 0.228. The lowest BCUT2D eigenvalue weighted by atomic mass is 9.79. The van der Waals surface area contributed by atoms with E-state index in [1.807, 2.05) is 6.92 Å². The molecule has 1 aliphatic carbocycles. The quantitative estimate of drug-likeness (QED) is 0.487. The molecular weight excluding hydrogens is 172 g/mol. The van der Waals surface area contributed by atoms with Gasteiger partial charge in [-0.15, -0.1) is 11.6 Å². The van der Waals surface area contributed by atoms with Crippen LogP contribution in [0.1, 0.15) is 26.2 Å². The predicted molar refractivity (Wildman–Crippen MR) is 52.6 cm³/mol. The van der Waals surface area contributed by atoms with Crippen LogP contribution in [0.3, 0.4) is 0 Å². The van der Waals surface area contributed by atoms with Gasteiger partial charge in [-0.05, 0) is 26.2 Å². The maximum absolute atomic E-state index is 5.96. The number of hydrogen-bond donors (Lipinski definition) is 0. The third kappa shape index (κ3) is 2.49. The van der Waals surface area contributed by atoms with Gasteiger partial charge in [-0.25, -0.2) is 0 Å². The Morgan fingerprint density at radius 2 is 2.33 bits per heavy atom. The molecule has 0 saturated heterocycles. The van der Waals surface area contributed by atoms with Gasteiger partial charge in [-0.1, -0.05) is 12.2 Å². The lowest BCUT2D eigenvalue weighted by Crippen LogP contribution is -2.30. The largest absolute Gasteiger partial charge is 0.381 e. The van der Waals surface area contributed by atoms with Crippen molar-refractivity contribution in [3.05, 3.63) is 12.2 Å². The van der Waals surface area contributed by atoms with Gasteiger partial charge in [-0.3, -0.25) is 0 Å². The Labute approximate surface area is 79.7 Å². The summed E-state index contributed by atoms with van der Waals surface area (Å²) in [6.45, 7) is 3.64. The van der Waals surface area contributed by atoms with Crippen LogP contribution in [-0.4, -0.2) is 19.1 Å². The molecule has 1 rings (SSSR count). The summed E-state index contributed by atoms with van der Waals surface area (Å²) < 4.78 is 5.45. The lowest BCUT2D eigenvalue weighted by Gasteiger charge is -2.32. The molecule has 0 amide bonds. The summed E-state index contributed by atoms with van der Waals surface area (Å²) in [6.07, 6.45) is 7.87. The van der Waals surface area contributed by atoms with Crippen LogP contribution in [0, 0.1) is 5.41 Å². The molecule has 0 fully saturated rings. The van der Waals surface area contributed by atoms with E-state index >= 15 is 0 Å². The summed E-state index contributed by atoms with van der Waals surface area (Å²) in [5, 5.41) is 0. The molecule has 12 heavy (non-hydrogen) atoms. The van der Waals surface area contributed by atoms with E-state index in [1.165, 1.54) is 6.42 Å². The van der Waals surface area contributed by atoms with Crippen molar-refractivity contribution in [1.29, 1.82) is 0 Å². The Bertz CT molecular complexity index is 156. The topological polar surface area (TPSA) is 9.23 Å². The van der Waals surface area contributed by atoms with E-state index in [-0.39, 0.29) is 5.41 Å². The fourth-order valence-electron chi connectivity index (χ4n) is 1.55. The Morgan fingerprint density at radius 3 is 2.83 bits per heavy atom. The number of ether oxygens (including phenoxy) is 1. The highest BCUT2D eigenvalue weighted by molar-refractivity contribution is 6.18. The molecule has 1 atom stereocenters. The molecule has 0 radical (unpaired) electrons. The number of alkyl halides is 1. The third-order valence-corrected chi connectivity index (χ3v) is 3.02. The van der Waals surface area contributed by atoms with Gasteiger partial charge in [-0.2, -0.15) is 0 Å². The summed E-state index contributed by atoms with van der Waals surface area (Å²) in [6, 6.07) is 0. The highest BCUT2D eigenvalue weighted by Gasteiger charge is 2.29. The van der Waals surface area contributed by atoms with Crippen molar-refractivity contribution in [2.75, 3.05) is 19.1 Å². The number of allylic oxidation sites excluding steroid dienone is 2. The average Bonchev–Trinajstić information content (AvgIpc) is 2.16. The van der Waals surface area contributed by atoms with Crippen LogP contribution in [0.5, 0.6) is 0 Å². The van der Waals surface area contributed by atoms with Crippen molar-refractivity contribution in [2.24, 2.45) is 5.41 Å². The molecule has 1 nitrogen and oxygen atoms in total. The standard InChI is InChI=1S/C10H17ClO/c1-2-12-9-10(8-11)6-4-3-5-7-10/h3-4H,2,5-9H2,1H3. The zero-order chi connectivity index (χ0) is 8.86. The Hall–Kier alpha value is -0.0100. The molecule has 0 N–H and O–H groups in total. The van der Waals surface area contributed by atoms with Gasteiger partial charge < -0.3 is 4.74 Å². The average molecular weight is 189 g/mol. The molecule has 1 unspecified atom stereocenters. The Kier molecular flexibility index (Phi) is 4.10. The molecule has 1 aliphatic rings. The summed E-state index contributed by atoms with van der Waals surface area (Å²) in [5.41, 5.74) is 0.228.